The van der Waals surface area contributed by atoms with Gasteiger partial charge in [0, 0.05) is 23.7 Å². The second-order valence-corrected chi connectivity index (χ2v) is 8.26. The molecule has 6 heteroatoms. The molecule has 21 heavy (non-hydrogen) atoms. The number of hydrogen-bond donors (Lipinski definition) is 1. The van der Waals surface area contributed by atoms with Crippen LogP contribution in [0.2, 0.25) is 0 Å². The number of amides is 2. The molecule has 0 aliphatic heterocycles. The van der Waals surface area contributed by atoms with Gasteiger partial charge in [0.15, 0.2) is 0 Å². The molecule has 0 radical (unpaired) electrons. The van der Waals surface area contributed by atoms with Crippen molar-refractivity contribution in [3.05, 3.63) is 16.1 Å². The molecule has 2 rings (SSSR count). The molecule has 1 heterocycles. The van der Waals surface area contributed by atoms with Crippen LogP contribution in [-0.4, -0.2) is 40.0 Å². The van der Waals surface area contributed by atoms with E-state index >= 15 is 0 Å². The Morgan fingerprint density at radius 1 is 1.62 bits per heavy atom. The van der Waals surface area contributed by atoms with Gasteiger partial charge in [-0.1, -0.05) is 6.92 Å². The predicted molar refractivity (Wildman–Crippen MR) is 91.1 cm³/mol. The molecule has 1 fully saturated rings. The number of urea groups is 1. The van der Waals surface area contributed by atoms with E-state index in [1.165, 1.54) is 6.42 Å². The summed E-state index contributed by atoms with van der Waals surface area (Å²) in [5, 5.41) is 6.83. The smallest absolute Gasteiger partial charge is 0.317 e. The molecule has 4 nitrogen and oxygen atoms in total. The maximum Gasteiger partial charge on any atom is 0.317 e. The lowest BCUT2D eigenvalue weighted by Gasteiger charge is -2.26. The van der Waals surface area contributed by atoms with Crippen LogP contribution in [0.25, 0.3) is 0 Å². The molecule has 2 amide bonds. The Hall–Kier alpha value is -0.750. The number of thiazole rings is 1. The van der Waals surface area contributed by atoms with Gasteiger partial charge < -0.3 is 10.2 Å². The van der Waals surface area contributed by atoms with Crippen LogP contribution in [0.1, 0.15) is 49.9 Å². The number of thioether (sulfide) groups is 1. The van der Waals surface area contributed by atoms with Crippen molar-refractivity contribution in [2.75, 3.05) is 12.8 Å². The van der Waals surface area contributed by atoms with E-state index in [-0.39, 0.29) is 12.1 Å². The standard InChI is InChI=1S/C15H25N3OS2/c1-5-20-13-7-6-12(8-13)18(4)15(19)16-10(2)14-9-21-11(3)17-14/h9-10,12-13H,5-8H2,1-4H3,(H,16,19)/t10-,12-,13-/m1/s1. The van der Waals surface area contributed by atoms with Crippen molar-refractivity contribution in [2.45, 2.75) is 57.4 Å². The number of nitrogens with one attached hydrogen (secondary N) is 1. The zero-order valence-corrected chi connectivity index (χ0v) is 14.9. The third-order valence-corrected chi connectivity index (χ3v) is 6.07. The minimum absolute atomic E-state index is 0.0142. The topological polar surface area (TPSA) is 45.2 Å². The van der Waals surface area contributed by atoms with E-state index in [9.17, 15) is 4.79 Å². The predicted octanol–water partition coefficient (Wildman–Crippen LogP) is 3.83. The largest absolute Gasteiger partial charge is 0.330 e. The zero-order valence-electron chi connectivity index (χ0n) is 13.3. The van der Waals surface area contributed by atoms with Crippen molar-refractivity contribution in [3.63, 3.8) is 0 Å². The zero-order chi connectivity index (χ0) is 15.4. The molecule has 3 atom stereocenters. The fourth-order valence-corrected chi connectivity index (χ4v) is 4.60. The van der Waals surface area contributed by atoms with Crippen molar-refractivity contribution >= 4 is 29.1 Å². The van der Waals surface area contributed by atoms with Crippen LogP contribution in [0.3, 0.4) is 0 Å². The van der Waals surface area contributed by atoms with Gasteiger partial charge in [-0.3, -0.25) is 0 Å². The lowest BCUT2D eigenvalue weighted by molar-refractivity contribution is 0.187. The van der Waals surface area contributed by atoms with Gasteiger partial charge in [-0.25, -0.2) is 9.78 Å². The molecule has 1 aliphatic carbocycles. The van der Waals surface area contributed by atoms with Crippen LogP contribution >= 0.6 is 23.1 Å². The molecule has 1 aromatic heterocycles. The van der Waals surface area contributed by atoms with E-state index in [1.807, 2.05) is 42.9 Å². The van der Waals surface area contributed by atoms with E-state index in [1.54, 1.807) is 11.3 Å². The number of nitrogens with zero attached hydrogens (tertiary/aromatic N) is 2. The Labute approximate surface area is 135 Å². The molecule has 0 aromatic carbocycles. The summed E-state index contributed by atoms with van der Waals surface area (Å²) in [5.41, 5.74) is 0.949. The molecule has 1 aliphatic rings. The minimum atomic E-state index is -0.0351. The maximum absolute atomic E-state index is 12.4. The fourth-order valence-electron chi connectivity index (χ4n) is 2.76. The monoisotopic (exact) mass is 327 g/mol. The van der Waals surface area contributed by atoms with Crippen molar-refractivity contribution in [1.82, 2.24) is 15.2 Å². The Balaban J connectivity index is 1.85. The van der Waals surface area contributed by atoms with Gasteiger partial charge in [-0.05, 0) is 38.9 Å². The third-order valence-electron chi connectivity index (χ3n) is 4.05. The van der Waals surface area contributed by atoms with E-state index < -0.39 is 0 Å². The van der Waals surface area contributed by atoms with Crippen LogP contribution in [0.5, 0.6) is 0 Å². The summed E-state index contributed by atoms with van der Waals surface area (Å²) in [6, 6.07) is 0.353. The van der Waals surface area contributed by atoms with Crippen molar-refractivity contribution in [2.24, 2.45) is 0 Å². The second-order valence-electron chi connectivity index (χ2n) is 5.62. The number of carbonyl (C=O) groups excluding carboxylic acids is 1. The first kappa shape index (κ1) is 16.6. The van der Waals surface area contributed by atoms with Gasteiger partial charge in [-0.2, -0.15) is 11.8 Å². The van der Waals surface area contributed by atoms with Gasteiger partial charge >= 0.3 is 6.03 Å². The molecule has 0 unspecified atom stereocenters. The summed E-state index contributed by atoms with van der Waals surface area (Å²) in [4.78, 5) is 18.7. The van der Waals surface area contributed by atoms with Crippen LogP contribution < -0.4 is 5.32 Å². The van der Waals surface area contributed by atoms with Gasteiger partial charge in [0.05, 0.1) is 16.7 Å². The van der Waals surface area contributed by atoms with Gasteiger partial charge in [-0.15, -0.1) is 11.3 Å². The summed E-state index contributed by atoms with van der Waals surface area (Å²) in [7, 11) is 1.91. The summed E-state index contributed by atoms with van der Waals surface area (Å²) < 4.78 is 0. The second kappa shape index (κ2) is 7.49. The molecule has 118 valence electrons. The highest BCUT2D eigenvalue weighted by molar-refractivity contribution is 7.99. The number of aryl methyl sites for hydroxylation is 1. The van der Waals surface area contributed by atoms with Crippen LogP contribution in [0.15, 0.2) is 5.38 Å². The molecule has 0 spiro atoms. The first-order valence-corrected chi connectivity index (χ1v) is 9.51. The normalized spacial score (nSPS) is 23.0. The Morgan fingerprint density at radius 3 is 3.00 bits per heavy atom. The summed E-state index contributed by atoms with van der Waals surface area (Å²) in [6.45, 7) is 6.18. The van der Waals surface area contributed by atoms with Crippen molar-refractivity contribution in [1.29, 1.82) is 0 Å². The Kier molecular flexibility index (Phi) is 5.93. The lowest BCUT2D eigenvalue weighted by Crippen LogP contribution is -2.43. The molecule has 1 N–H and O–H groups in total. The molecular weight excluding hydrogens is 302 g/mol. The number of aromatic nitrogens is 1. The Bertz CT molecular complexity index is 477. The first-order chi connectivity index (χ1) is 10.0. The molecule has 0 bridgehead atoms. The fraction of sp³-hybridized carbons (Fsp3) is 0.733. The van der Waals surface area contributed by atoms with Gasteiger partial charge in [0.2, 0.25) is 0 Å². The maximum atomic E-state index is 12.4. The average Bonchev–Trinajstić information content (AvgIpc) is 3.07. The highest BCUT2D eigenvalue weighted by Gasteiger charge is 2.30. The molecular formula is C15H25N3OS2. The molecule has 1 saturated carbocycles. The summed E-state index contributed by atoms with van der Waals surface area (Å²) in [6.07, 6.45) is 3.46. The third kappa shape index (κ3) is 4.36. The SMILES string of the molecule is CCS[C@@H]1CC[C@@H](N(C)C(=O)N[C@H](C)c2csc(C)n2)C1. The van der Waals surface area contributed by atoms with Gasteiger partial charge in [0.1, 0.15) is 0 Å². The van der Waals surface area contributed by atoms with Crippen LogP contribution in [0, 0.1) is 6.92 Å². The minimum Gasteiger partial charge on any atom is -0.330 e. The van der Waals surface area contributed by atoms with E-state index in [0.29, 0.717) is 11.3 Å². The highest BCUT2D eigenvalue weighted by atomic mass is 32.2. The van der Waals surface area contributed by atoms with Crippen molar-refractivity contribution < 1.29 is 4.79 Å². The average molecular weight is 328 g/mol. The Morgan fingerprint density at radius 2 is 2.38 bits per heavy atom. The quantitative estimate of drug-likeness (QED) is 0.894. The summed E-state index contributed by atoms with van der Waals surface area (Å²) in [5.74, 6) is 1.16. The molecule has 0 saturated heterocycles. The van der Waals surface area contributed by atoms with Crippen LogP contribution in [-0.2, 0) is 0 Å². The van der Waals surface area contributed by atoms with Crippen LogP contribution in [0.4, 0.5) is 4.79 Å². The van der Waals surface area contributed by atoms with E-state index in [4.69, 9.17) is 0 Å². The first-order valence-electron chi connectivity index (χ1n) is 7.58. The number of hydrogen-bond acceptors (Lipinski definition) is 4. The van der Waals surface area contributed by atoms with Crippen molar-refractivity contribution in [3.8, 4) is 0 Å². The lowest BCUT2D eigenvalue weighted by atomic mass is 10.2. The highest BCUT2D eigenvalue weighted by Crippen LogP contribution is 2.32. The van der Waals surface area contributed by atoms with Gasteiger partial charge in [0.25, 0.3) is 0 Å². The number of carbonyl (C=O) groups is 1. The number of rotatable bonds is 5. The molecule has 1 aromatic rings. The van der Waals surface area contributed by atoms with E-state index in [2.05, 4.69) is 17.2 Å². The summed E-state index contributed by atoms with van der Waals surface area (Å²) >= 11 is 3.64. The van der Waals surface area contributed by atoms with E-state index in [0.717, 1.165) is 29.3 Å².